The van der Waals surface area contributed by atoms with Crippen LogP contribution in [0.4, 0.5) is 4.39 Å². The number of benzene rings is 2. The molecule has 3 rings (SSSR count). The average molecular weight is 339 g/mol. The molecule has 132 valence electrons. The van der Waals surface area contributed by atoms with Gasteiger partial charge in [0, 0.05) is 19.5 Å². The Morgan fingerprint density at radius 2 is 1.84 bits per heavy atom. The summed E-state index contributed by atoms with van der Waals surface area (Å²) in [6, 6.07) is 17.1. The molecule has 25 heavy (non-hydrogen) atoms. The van der Waals surface area contributed by atoms with Gasteiger partial charge in [0.1, 0.15) is 5.82 Å². The number of piperidine rings is 1. The number of hydrogen-bond acceptors (Lipinski definition) is 1. The highest BCUT2D eigenvalue weighted by Gasteiger charge is 2.24. The number of halogens is 1. The van der Waals surface area contributed by atoms with Crippen LogP contribution in [0.15, 0.2) is 54.6 Å². The van der Waals surface area contributed by atoms with Crippen molar-refractivity contribution in [3.05, 3.63) is 71.5 Å². The van der Waals surface area contributed by atoms with Crippen LogP contribution in [0.1, 0.15) is 43.2 Å². The van der Waals surface area contributed by atoms with Crippen molar-refractivity contribution in [1.82, 2.24) is 4.90 Å². The molecule has 0 aromatic heterocycles. The Bertz CT molecular complexity index is 692. The van der Waals surface area contributed by atoms with Crippen LogP contribution < -0.4 is 0 Å². The maximum absolute atomic E-state index is 13.3. The van der Waals surface area contributed by atoms with Gasteiger partial charge in [0.25, 0.3) is 0 Å². The molecule has 0 spiro atoms. The predicted octanol–water partition coefficient (Wildman–Crippen LogP) is 4.80. The molecular formula is C22H26FNO. The maximum atomic E-state index is 13.3. The van der Waals surface area contributed by atoms with E-state index in [1.807, 2.05) is 29.2 Å². The van der Waals surface area contributed by atoms with E-state index < -0.39 is 0 Å². The molecule has 2 aromatic rings. The summed E-state index contributed by atoms with van der Waals surface area (Å²) < 4.78 is 13.3. The molecule has 1 aliphatic rings. The van der Waals surface area contributed by atoms with E-state index in [9.17, 15) is 9.18 Å². The van der Waals surface area contributed by atoms with Crippen LogP contribution in [0.25, 0.3) is 0 Å². The lowest BCUT2D eigenvalue weighted by molar-refractivity contribution is -0.132. The van der Waals surface area contributed by atoms with Gasteiger partial charge >= 0.3 is 0 Å². The van der Waals surface area contributed by atoms with E-state index in [0.29, 0.717) is 12.3 Å². The van der Waals surface area contributed by atoms with Crippen molar-refractivity contribution in [2.45, 2.75) is 38.5 Å². The topological polar surface area (TPSA) is 20.3 Å². The van der Waals surface area contributed by atoms with Gasteiger partial charge in [-0.25, -0.2) is 4.39 Å². The monoisotopic (exact) mass is 339 g/mol. The standard InChI is InChI=1S/C22H26FNO/c1-17(20-7-3-2-4-8-20)14-22(25)24-12-10-18(11-13-24)15-19-6-5-9-21(23)16-19/h2-9,16-18H,10-15H2,1H3. The van der Waals surface area contributed by atoms with E-state index in [4.69, 9.17) is 0 Å². The Hall–Kier alpha value is -2.16. The molecule has 1 amide bonds. The van der Waals surface area contributed by atoms with Crippen LogP contribution in [-0.2, 0) is 11.2 Å². The number of nitrogens with zero attached hydrogens (tertiary/aromatic N) is 1. The predicted molar refractivity (Wildman–Crippen MR) is 98.9 cm³/mol. The first-order chi connectivity index (χ1) is 12.1. The molecule has 0 aliphatic carbocycles. The maximum Gasteiger partial charge on any atom is 0.223 e. The van der Waals surface area contributed by atoms with Crippen molar-refractivity contribution in [3.63, 3.8) is 0 Å². The number of hydrogen-bond donors (Lipinski definition) is 0. The van der Waals surface area contributed by atoms with E-state index in [1.165, 1.54) is 11.6 Å². The summed E-state index contributed by atoms with van der Waals surface area (Å²) in [7, 11) is 0. The zero-order valence-corrected chi connectivity index (χ0v) is 14.8. The first-order valence-corrected chi connectivity index (χ1v) is 9.19. The quantitative estimate of drug-likeness (QED) is 0.766. The highest BCUT2D eigenvalue weighted by molar-refractivity contribution is 5.77. The van der Waals surface area contributed by atoms with Gasteiger partial charge in [-0.15, -0.1) is 0 Å². The summed E-state index contributed by atoms with van der Waals surface area (Å²) in [6.45, 7) is 3.75. The summed E-state index contributed by atoms with van der Waals surface area (Å²) >= 11 is 0. The van der Waals surface area contributed by atoms with E-state index in [0.717, 1.165) is 37.9 Å². The third kappa shape index (κ3) is 4.91. The van der Waals surface area contributed by atoms with Crippen LogP contribution >= 0.6 is 0 Å². The summed E-state index contributed by atoms with van der Waals surface area (Å²) in [5, 5.41) is 0. The highest BCUT2D eigenvalue weighted by Crippen LogP contribution is 2.25. The smallest absolute Gasteiger partial charge is 0.223 e. The van der Waals surface area contributed by atoms with Crippen molar-refractivity contribution >= 4 is 5.91 Å². The number of rotatable bonds is 5. The lowest BCUT2D eigenvalue weighted by Gasteiger charge is -2.33. The minimum atomic E-state index is -0.167. The van der Waals surface area contributed by atoms with Crippen molar-refractivity contribution in [2.75, 3.05) is 13.1 Å². The molecule has 0 N–H and O–H groups in total. The zero-order valence-electron chi connectivity index (χ0n) is 14.8. The van der Waals surface area contributed by atoms with Gasteiger partial charge in [0.15, 0.2) is 0 Å². The third-order valence-corrected chi connectivity index (χ3v) is 5.23. The van der Waals surface area contributed by atoms with Gasteiger partial charge in [0.2, 0.25) is 5.91 Å². The molecule has 1 aliphatic heterocycles. The second kappa shape index (κ2) is 8.28. The number of carbonyl (C=O) groups is 1. The van der Waals surface area contributed by atoms with Gasteiger partial charge in [-0.3, -0.25) is 4.79 Å². The minimum Gasteiger partial charge on any atom is -0.343 e. The minimum absolute atomic E-state index is 0.167. The molecule has 2 nitrogen and oxygen atoms in total. The number of carbonyl (C=O) groups excluding carboxylic acids is 1. The van der Waals surface area contributed by atoms with E-state index >= 15 is 0 Å². The van der Waals surface area contributed by atoms with Crippen LogP contribution in [0.5, 0.6) is 0 Å². The fourth-order valence-electron chi connectivity index (χ4n) is 3.67. The summed E-state index contributed by atoms with van der Waals surface area (Å²) in [5.74, 6) is 0.872. The van der Waals surface area contributed by atoms with Crippen LogP contribution in [0, 0.1) is 11.7 Å². The van der Waals surface area contributed by atoms with Crippen LogP contribution in [0.2, 0.25) is 0 Å². The van der Waals surface area contributed by atoms with Gasteiger partial charge in [-0.2, -0.15) is 0 Å². The lowest BCUT2D eigenvalue weighted by Crippen LogP contribution is -2.39. The second-order valence-corrected chi connectivity index (χ2v) is 7.17. The zero-order chi connectivity index (χ0) is 17.6. The van der Waals surface area contributed by atoms with E-state index in [2.05, 4.69) is 19.1 Å². The molecule has 1 heterocycles. The van der Waals surface area contributed by atoms with Gasteiger partial charge < -0.3 is 4.90 Å². The molecule has 2 aromatic carbocycles. The molecule has 1 atom stereocenters. The second-order valence-electron chi connectivity index (χ2n) is 7.17. The molecule has 3 heteroatoms. The SMILES string of the molecule is CC(CC(=O)N1CCC(Cc2cccc(F)c2)CC1)c1ccccc1. The van der Waals surface area contributed by atoms with Crippen molar-refractivity contribution in [2.24, 2.45) is 5.92 Å². The highest BCUT2D eigenvalue weighted by atomic mass is 19.1. The molecule has 1 saturated heterocycles. The first-order valence-electron chi connectivity index (χ1n) is 9.19. The normalized spacial score (nSPS) is 16.6. The largest absolute Gasteiger partial charge is 0.343 e. The van der Waals surface area contributed by atoms with Gasteiger partial charge in [-0.1, -0.05) is 49.4 Å². The summed E-state index contributed by atoms with van der Waals surface area (Å²) in [5.41, 5.74) is 2.28. The number of amides is 1. The lowest BCUT2D eigenvalue weighted by atomic mass is 9.89. The Labute approximate surface area is 149 Å². The molecule has 1 fully saturated rings. The fourth-order valence-corrected chi connectivity index (χ4v) is 3.67. The van der Waals surface area contributed by atoms with Crippen LogP contribution in [0.3, 0.4) is 0 Å². The Morgan fingerprint density at radius 3 is 2.52 bits per heavy atom. The fraction of sp³-hybridized carbons (Fsp3) is 0.409. The third-order valence-electron chi connectivity index (χ3n) is 5.23. The summed E-state index contributed by atoms with van der Waals surface area (Å²) in [6.07, 6.45) is 3.47. The summed E-state index contributed by atoms with van der Waals surface area (Å²) in [4.78, 5) is 14.6. The van der Waals surface area contributed by atoms with Gasteiger partial charge in [0.05, 0.1) is 0 Å². The Kier molecular flexibility index (Phi) is 5.85. The number of likely N-dealkylation sites (tertiary alicyclic amines) is 1. The Balaban J connectivity index is 1.47. The Morgan fingerprint density at radius 1 is 1.12 bits per heavy atom. The van der Waals surface area contributed by atoms with E-state index in [-0.39, 0.29) is 17.6 Å². The molecule has 0 radical (unpaired) electrons. The van der Waals surface area contributed by atoms with Crippen molar-refractivity contribution in [3.8, 4) is 0 Å². The molecule has 0 bridgehead atoms. The molecule has 0 saturated carbocycles. The van der Waals surface area contributed by atoms with Crippen molar-refractivity contribution in [1.29, 1.82) is 0 Å². The molecular weight excluding hydrogens is 313 g/mol. The van der Waals surface area contributed by atoms with Crippen molar-refractivity contribution < 1.29 is 9.18 Å². The van der Waals surface area contributed by atoms with Gasteiger partial charge in [-0.05, 0) is 54.4 Å². The molecule has 1 unspecified atom stereocenters. The average Bonchev–Trinajstić information content (AvgIpc) is 2.63. The van der Waals surface area contributed by atoms with E-state index in [1.54, 1.807) is 12.1 Å². The van der Waals surface area contributed by atoms with Crippen LogP contribution in [-0.4, -0.2) is 23.9 Å². The first kappa shape index (κ1) is 17.7.